The van der Waals surface area contributed by atoms with E-state index in [1.807, 2.05) is 24.3 Å². The van der Waals surface area contributed by atoms with E-state index in [4.69, 9.17) is 13.6 Å². The summed E-state index contributed by atoms with van der Waals surface area (Å²) in [4.78, 5) is 0. The van der Waals surface area contributed by atoms with Gasteiger partial charge in [0, 0.05) is 0 Å². The van der Waals surface area contributed by atoms with Crippen LogP contribution in [0.5, 0.6) is 11.5 Å². The van der Waals surface area contributed by atoms with E-state index < -0.39 is 8.60 Å². The lowest BCUT2D eigenvalue weighted by Crippen LogP contribution is -1.95. The molecule has 1 aliphatic rings. The van der Waals surface area contributed by atoms with Crippen molar-refractivity contribution >= 4 is 8.60 Å². The molecule has 0 bridgehead atoms. The summed E-state index contributed by atoms with van der Waals surface area (Å²) >= 11 is 0. The van der Waals surface area contributed by atoms with Crippen molar-refractivity contribution in [3.63, 3.8) is 0 Å². The molecule has 3 nitrogen and oxygen atoms in total. The third-order valence-electron chi connectivity index (χ3n) is 5.39. The maximum absolute atomic E-state index is 5.72. The van der Waals surface area contributed by atoms with Crippen LogP contribution in [-0.2, 0) is 4.52 Å². The first-order valence-corrected chi connectivity index (χ1v) is 12.9. The van der Waals surface area contributed by atoms with E-state index in [0.717, 1.165) is 24.5 Å². The molecule has 0 spiro atoms. The van der Waals surface area contributed by atoms with E-state index in [2.05, 4.69) is 6.92 Å². The molecule has 1 aliphatic heterocycles. The van der Waals surface area contributed by atoms with E-state index >= 15 is 0 Å². The van der Waals surface area contributed by atoms with E-state index in [9.17, 15) is 0 Å². The summed E-state index contributed by atoms with van der Waals surface area (Å²) < 4.78 is 17.0. The lowest BCUT2D eigenvalue weighted by atomic mass is 10.0. The molecule has 0 atom stereocenters. The third-order valence-corrected chi connectivity index (χ3v) is 6.47. The van der Waals surface area contributed by atoms with Gasteiger partial charge in [-0.3, -0.25) is 4.52 Å². The van der Waals surface area contributed by atoms with Crippen molar-refractivity contribution in [1.82, 2.24) is 0 Å². The van der Waals surface area contributed by atoms with Gasteiger partial charge >= 0.3 is 8.60 Å². The van der Waals surface area contributed by atoms with Crippen molar-refractivity contribution in [1.29, 1.82) is 0 Å². The molecule has 0 unspecified atom stereocenters. The summed E-state index contributed by atoms with van der Waals surface area (Å²) in [5.74, 6) is 1.61. The van der Waals surface area contributed by atoms with Gasteiger partial charge in [-0.25, -0.2) is 0 Å². The van der Waals surface area contributed by atoms with Crippen LogP contribution in [0.4, 0.5) is 0 Å². The molecule has 1 aromatic carbocycles. The molecule has 0 aliphatic carbocycles. The first kappa shape index (κ1) is 23.5. The highest BCUT2D eigenvalue weighted by Gasteiger charge is 2.26. The first-order chi connectivity index (χ1) is 13.9. The minimum atomic E-state index is -1.22. The number of hydrogen-bond acceptors (Lipinski definition) is 3. The zero-order valence-electron chi connectivity index (χ0n) is 18.0. The lowest BCUT2D eigenvalue weighted by Gasteiger charge is -2.07. The van der Waals surface area contributed by atoms with Gasteiger partial charge in [0.25, 0.3) is 0 Å². The number of benzene rings is 1. The van der Waals surface area contributed by atoms with Crippen molar-refractivity contribution in [3.05, 3.63) is 24.3 Å². The van der Waals surface area contributed by atoms with E-state index in [1.165, 1.54) is 96.3 Å². The Morgan fingerprint density at radius 3 is 1.43 bits per heavy atom. The molecule has 1 aromatic rings. The van der Waals surface area contributed by atoms with Gasteiger partial charge in [0.2, 0.25) is 0 Å². The Balaban J connectivity index is 1.26. The van der Waals surface area contributed by atoms with Gasteiger partial charge in [-0.05, 0) is 18.6 Å². The van der Waals surface area contributed by atoms with Gasteiger partial charge in [-0.15, -0.1) is 0 Å². The summed E-state index contributed by atoms with van der Waals surface area (Å²) in [6.45, 7) is 3.02. The summed E-state index contributed by atoms with van der Waals surface area (Å²) in [6.07, 6.45) is 22.2. The van der Waals surface area contributed by atoms with Crippen LogP contribution in [0, 0.1) is 0 Å². The zero-order valence-corrected chi connectivity index (χ0v) is 18.9. The van der Waals surface area contributed by atoms with Crippen LogP contribution in [-0.4, -0.2) is 6.61 Å². The fraction of sp³-hybridized carbons (Fsp3) is 0.750. The highest BCUT2D eigenvalue weighted by atomic mass is 31.2. The van der Waals surface area contributed by atoms with Crippen LogP contribution in [0.3, 0.4) is 0 Å². The number of rotatable bonds is 18. The van der Waals surface area contributed by atoms with Crippen LogP contribution < -0.4 is 9.05 Å². The van der Waals surface area contributed by atoms with Crippen LogP contribution in [0.1, 0.15) is 110 Å². The lowest BCUT2D eigenvalue weighted by molar-refractivity contribution is 0.274. The van der Waals surface area contributed by atoms with Gasteiger partial charge in [0.1, 0.15) is 0 Å². The Hall–Kier alpha value is -0.790. The van der Waals surface area contributed by atoms with Crippen LogP contribution in [0.25, 0.3) is 0 Å². The van der Waals surface area contributed by atoms with E-state index in [0.29, 0.717) is 0 Å². The maximum atomic E-state index is 5.72. The molecule has 1 heterocycles. The topological polar surface area (TPSA) is 27.7 Å². The molecule has 0 radical (unpaired) electrons. The second-order valence-corrected chi connectivity index (χ2v) is 9.06. The van der Waals surface area contributed by atoms with E-state index in [-0.39, 0.29) is 0 Å². The number of hydrogen-bond donors (Lipinski definition) is 0. The molecule has 2 rings (SSSR count). The van der Waals surface area contributed by atoms with Crippen LogP contribution in [0.2, 0.25) is 0 Å². The third kappa shape index (κ3) is 10.7. The zero-order chi connectivity index (χ0) is 19.7. The number of fused-ring (bicyclic) bond motifs is 1. The highest BCUT2D eigenvalue weighted by Crippen LogP contribution is 2.52. The van der Waals surface area contributed by atoms with Crippen LogP contribution in [0.15, 0.2) is 24.3 Å². The Bertz CT molecular complexity index is 469. The predicted octanol–water partition coefficient (Wildman–Crippen LogP) is 8.96. The molecule has 28 heavy (non-hydrogen) atoms. The average Bonchev–Trinajstić information content (AvgIpc) is 3.13. The first-order valence-electron chi connectivity index (χ1n) is 11.8. The minimum Gasteiger partial charge on any atom is -0.414 e. The monoisotopic (exact) mass is 408 g/mol. The van der Waals surface area contributed by atoms with Gasteiger partial charge in [0.05, 0.1) is 6.61 Å². The van der Waals surface area contributed by atoms with Gasteiger partial charge in [-0.1, -0.05) is 115 Å². The highest BCUT2D eigenvalue weighted by molar-refractivity contribution is 7.43. The Labute approximate surface area is 174 Å². The Morgan fingerprint density at radius 1 is 0.607 bits per heavy atom. The largest absolute Gasteiger partial charge is 0.463 e. The molecule has 4 heteroatoms. The molecule has 160 valence electrons. The van der Waals surface area contributed by atoms with Crippen molar-refractivity contribution in [3.8, 4) is 11.5 Å². The standard InChI is InChI=1S/C24H41O3P/c1-2-3-4-5-6-7-8-9-10-11-12-13-14-15-16-19-22-25-28-26-23-20-17-18-21-24(23)27-28/h17-18,20-21H,2-16,19,22H2,1H3. The van der Waals surface area contributed by atoms with Crippen molar-refractivity contribution in [2.24, 2.45) is 0 Å². The summed E-state index contributed by atoms with van der Waals surface area (Å²) in [5.41, 5.74) is 0. The summed E-state index contributed by atoms with van der Waals surface area (Å²) in [6, 6.07) is 7.76. The SMILES string of the molecule is CCCCCCCCCCCCCCCCCCOP1Oc2ccccc2O1. The van der Waals surface area contributed by atoms with E-state index in [1.54, 1.807) is 0 Å². The predicted molar refractivity (Wildman–Crippen MR) is 120 cm³/mol. The second kappa shape index (κ2) is 16.1. The molecule has 0 fully saturated rings. The van der Waals surface area contributed by atoms with Crippen LogP contribution >= 0.6 is 8.60 Å². The Morgan fingerprint density at radius 2 is 1.00 bits per heavy atom. The molecule has 0 amide bonds. The van der Waals surface area contributed by atoms with Gasteiger partial charge < -0.3 is 9.05 Å². The average molecular weight is 409 g/mol. The van der Waals surface area contributed by atoms with Gasteiger partial charge in [-0.2, -0.15) is 0 Å². The normalized spacial score (nSPS) is 13.3. The Kier molecular flexibility index (Phi) is 13.5. The molecular formula is C24H41O3P. The number of unbranched alkanes of at least 4 members (excludes halogenated alkanes) is 15. The van der Waals surface area contributed by atoms with Crippen molar-refractivity contribution < 1.29 is 13.6 Å². The fourth-order valence-corrected chi connectivity index (χ4v) is 4.67. The summed E-state index contributed by atoms with van der Waals surface area (Å²) in [5, 5.41) is 0. The smallest absolute Gasteiger partial charge is 0.414 e. The molecular weight excluding hydrogens is 367 g/mol. The second-order valence-electron chi connectivity index (χ2n) is 7.99. The number of para-hydroxylation sites is 2. The summed E-state index contributed by atoms with van der Waals surface area (Å²) in [7, 11) is -1.22. The van der Waals surface area contributed by atoms with Gasteiger partial charge in [0.15, 0.2) is 11.5 Å². The van der Waals surface area contributed by atoms with Crippen molar-refractivity contribution in [2.75, 3.05) is 6.61 Å². The quantitative estimate of drug-likeness (QED) is 0.179. The molecule has 0 saturated heterocycles. The maximum Gasteiger partial charge on any atom is 0.463 e. The molecule has 0 aromatic heterocycles. The molecule has 0 N–H and O–H groups in total. The van der Waals surface area contributed by atoms with Crippen molar-refractivity contribution in [2.45, 2.75) is 110 Å². The fourth-order valence-electron chi connectivity index (χ4n) is 3.62. The minimum absolute atomic E-state index is 0.734. The molecule has 0 saturated carbocycles.